The van der Waals surface area contributed by atoms with Crippen LogP contribution < -0.4 is 9.64 Å². The highest BCUT2D eigenvalue weighted by molar-refractivity contribution is 8.01. The molecule has 0 saturated heterocycles. The minimum Gasteiger partial charge on any atom is -0.501 e. The molecule has 0 saturated carbocycles. The fourth-order valence-corrected chi connectivity index (χ4v) is 5.26. The zero-order valence-electron chi connectivity index (χ0n) is 19.4. The van der Waals surface area contributed by atoms with E-state index in [-0.39, 0.29) is 0 Å². The van der Waals surface area contributed by atoms with Gasteiger partial charge in [0.2, 0.25) is 5.78 Å². The van der Waals surface area contributed by atoms with Crippen LogP contribution in [0.25, 0.3) is 0 Å². The lowest BCUT2D eigenvalue weighted by atomic mass is 9.98. The Morgan fingerprint density at radius 3 is 2.44 bits per heavy atom. The summed E-state index contributed by atoms with van der Waals surface area (Å²) in [5.74, 6) is 1.27. The second-order valence-electron chi connectivity index (χ2n) is 8.39. The molecule has 34 heavy (non-hydrogen) atoms. The van der Waals surface area contributed by atoms with Gasteiger partial charge in [0.05, 0.1) is 23.8 Å². The van der Waals surface area contributed by atoms with Crippen LogP contribution >= 0.6 is 23.4 Å². The van der Waals surface area contributed by atoms with Crippen LogP contribution in [0, 0.1) is 0 Å². The third-order valence-electron chi connectivity index (χ3n) is 5.72. The van der Waals surface area contributed by atoms with E-state index in [1.807, 2.05) is 49.3 Å². The summed E-state index contributed by atoms with van der Waals surface area (Å²) < 4.78 is 11.4. The molecule has 1 atom stereocenters. The van der Waals surface area contributed by atoms with Gasteiger partial charge in [-0.1, -0.05) is 17.7 Å². The Kier molecular flexibility index (Phi) is 7.66. The number of hydrogen-bond acceptors (Lipinski definition) is 6. The first-order valence-corrected chi connectivity index (χ1v) is 12.3. The summed E-state index contributed by atoms with van der Waals surface area (Å²) in [6, 6.07) is 12.7. The van der Waals surface area contributed by atoms with Crippen LogP contribution in [0.1, 0.15) is 12.8 Å². The number of anilines is 1. The molecule has 6 nitrogen and oxygen atoms in total. The second-order valence-corrected chi connectivity index (χ2v) is 9.97. The predicted octanol–water partition coefficient (Wildman–Crippen LogP) is 5.32. The molecule has 1 amide bonds. The molecule has 0 radical (unpaired) electrons. The minimum atomic E-state index is -0.587. The van der Waals surface area contributed by atoms with Gasteiger partial charge in [-0.05, 0) is 74.6 Å². The van der Waals surface area contributed by atoms with Crippen molar-refractivity contribution in [2.75, 3.05) is 39.2 Å². The third-order valence-corrected chi connectivity index (χ3v) is 7.31. The number of ether oxygens (including phenoxy) is 2. The number of carbonyl (C=O) groups is 2. The van der Waals surface area contributed by atoms with Crippen LogP contribution in [0.15, 0.2) is 70.8 Å². The molecule has 1 aliphatic heterocycles. The number of amides is 1. The van der Waals surface area contributed by atoms with Gasteiger partial charge in [0.1, 0.15) is 11.5 Å². The molecule has 4 rings (SSSR count). The highest BCUT2D eigenvalue weighted by atomic mass is 35.5. The van der Waals surface area contributed by atoms with Crippen LogP contribution in [0.3, 0.4) is 0 Å². The molecule has 2 aromatic carbocycles. The number of hydrogen-bond donors (Lipinski definition) is 0. The Labute approximate surface area is 209 Å². The van der Waals surface area contributed by atoms with Crippen molar-refractivity contribution in [3.63, 3.8) is 0 Å². The quantitative estimate of drug-likeness (QED) is 0.481. The Hall–Kier alpha value is -2.74. The SMILES string of the molecule is COC1=CC=C(C2Sc3cc(Oc4ccc(Cl)cc4)ccc3N(CCN(C)C)C(=O)C2=O)CC1. The first kappa shape index (κ1) is 24.4. The molecule has 0 spiro atoms. The van der Waals surface area contributed by atoms with E-state index in [0.29, 0.717) is 42.5 Å². The fourth-order valence-electron chi connectivity index (χ4n) is 3.84. The zero-order chi connectivity index (χ0) is 24.2. The number of allylic oxidation sites excluding steroid dienone is 3. The molecule has 0 aromatic heterocycles. The fraction of sp³-hybridized carbons (Fsp3) is 0.308. The number of likely N-dealkylation sites (N-methyl/N-ethyl adjacent to an activating group) is 1. The van der Waals surface area contributed by atoms with E-state index < -0.39 is 16.9 Å². The van der Waals surface area contributed by atoms with Gasteiger partial charge in [0.25, 0.3) is 5.91 Å². The van der Waals surface area contributed by atoms with Gasteiger partial charge < -0.3 is 19.3 Å². The van der Waals surface area contributed by atoms with Crippen molar-refractivity contribution in [2.45, 2.75) is 23.0 Å². The maximum absolute atomic E-state index is 13.4. The Bertz CT molecular complexity index is 1140. The van der Waals surface area contributed by atoms with E-state index in [1.165, 1.54) is 11.8 Å². The summed E-state index contributed by atoms with van der Waals surface area (Å²) in [7, 11) is 5.53. The molecule has 178 valence electrons. The van der Waals surface area contributed by atoms with Gasteiger partial charge in [-0.2, -0.15) is 0 Å². The lowest BCUT2D eigenvalue weighted by Crippen LogP contribution is -2.42. The smallest absolute Gasteiger partial charge is 0.296 e. The highest BCUT2D eigenvalue weighted by Crippen LogP contribution is 2.43. The molecule has 0 N–H and O–H groups in total. The summed E-state index contributed by atoms with van der Waals surface area (Å²) in [6.45, 7) is 1.06. The maximum atomic E-state index is 13.4. The van der Waals surface area contributed by atoms with E-state index >= 15 is 0 Å². The van der Waals surface area contributed by atoms with Gasteiger partial charge in [-0.25, -0.2) is 0 Å². The topological polar surface area (TPSA) is 59.1 Å². The van der Waals surface area contributed by atoms with Crippen molar-refractivity contribution in [2.24, 2.45) is 0 Å². The number of ketones is 1. The molecule has 1 heterocycles. The van der Waals surface area contributed by atoms with Crippen LogP contribution in [0.5, 0.6) is 11.5 Å². The molecule has 2 aliphatic rings. The van der Waals surface area contributed by atoms with E-state index in [0.717, 1.165) is 21.9 Å². The van der Waals surface area contributed by atoms with E-state index in [4.69, 9.17) is 21.1 Å². The normalized spacial score (nSPS) is 18.3. The van der Waals surface area contributed by atoms with Crippen LogP contribution in [0.4, 0.5) is 5.69 Å². The number of rotatable bonds is 7. The first-order valence-electron chi connectivity index (χ1n) is 11.0. The van der Waals surface area contributed by atoms with Gasteiger partial charge in [0, 0.05) is 29.4 Å². The zero-order valence-corrected chi connectivity index (χ0v) is 21.0. The summed E-state index contributed by atoms with van der Waals surface area (Å²) in [5, 5.41) is 0.0451. The Morgan fingerprint density at radius 2 is 1.79 bits per heavy atom. The summed E-state index contributed by atoms with van der Waals surface area (Å²) >= 11 is 7.39. The number of halogens is 1. The van der Waals surface area contributed by atoms with Gasteiger partial charge >= 0.3 is 0 Å². The van der Waals surface area contributed by atoms with Gasteiger partial charge in [-0.15, -0.1) is 11.8 Å². The first-order chi connectivity index (χ1) is 16.4. The predicted molar refractivity (Wildman–Crippen MR) is 136 cm³/mol. The lowest BCUT2D eigenvalue weighted by Gasteiger charge is -2.24. The second kappa shape index (κ2) is 10.7. The monoisotopic (exact) mass is 498 g/mol. The molecule has 8 heteroatoms. The van der Waals surface area contributed by atoms with E-state index in [2.05, 4.69) is 0 Å². The lowest BCUT2D eigenvalue weighted by molar-refractivity contribution is -0.135. The highest BCUT2D eigenvalue weighted by Gasteiger charge is 2.38. The average molecular weight is 499 g/mol. The molecular formula is C26H27ClN2O4S. The van der Waals surface area contributed by atoms with Crippen LogP contribution in [-0.2, 0) is 14.3 Å². The summed E-state index contributed by atoms with van der Waals surface area (Å²) in [6.07, 6.45) is 5.17. The van der Waals surface area contributed by atoms with Crippen molar-refractivity contribution in [3.05, 3.63) is 71.0 Å². The summed E-state index contributed by atoms with van der Waals surface area (Å²) in [4.78, 5) is 31.1. The van der Waals surface area contributed by atoms with Crippen molar-refractivity contribution >= 4 is 40.7 Å². The van der Waals surface area contributed by atoms with E-state index in [1.54, 1.807) is 36.3 Å². The van der Waals surface area contributed by atoms with Crippen LogP contribution in [-0.4, -0.2) is 56.1 Å². The number of benzene rings is 2. The largest absolute Gasteiger partial charge is 0.501 e. The number of carbonyl (C=O) groups excluding carboxylic acids is 2. The Morgan fingerprint density at radius 1 is 1.06 bits per heavy atom. The number of nitrogens with zero attached hydrogens (tertiary/aromatic N) is 2. The molecule has 0 fully saturated rings. The molecule has 2 aromatic rings. The van der Waals surface area contributed by atoms with Crippen molar-refractivity contribution in [1.29, 1.82) is 0 Å². The standard InChI is InChI=1S/C26H27ClN2O4S/c1-28(2)14-15-29-22-13-12-21(33-20-10-6-18(27)7-11-20)16-23(22)34-25(24(30)26(29)31)17-4-8-19(32-3)9-5-17/h4,6-8,10-13,16,25H,5,9,14-15H2,1-3H3. The molecule has 1 aliphatic carbocycles. The van der Waals surface area contributed by atoms with Crippen molar-refractivity contribution in [1.82, 2.24) is 4.90 Å². The number of methoxy groups -OCH3 is 1. The molecule has 0 bridgehead atoms. The van der Waals surface area contributed by atoms with E-state index in [9.17, 15) is 9.59 Å². The maximum Gasteiger partial charge on any atom is 0.296 e. The number of fused-ring (bicyclic) bond motifs is 1. The van der Waals surface area contributed by atoms with Crippen LogP contribution in [0.2, 0.25) is 5.02 Å². The third kappa shape index (κ3) is 5.49. The van der Waals surface area contributed by atoms with Crippen molar-refractivity contribution in [3.8, 4) is 11.5 Å². The number of thioether (sulfide) groups is 1. The average Bonchev–Trinajstić information content (AvgIpc) is 2.93. The molecule has 1 unspecified atom stereocenters. The minimum absolute atomic E-state index is 0.402. The molecular weight excluding hydrogens is 472 g/mol. The van der Waals surface area contributed by atoms with Gasteiger partial charge in [-0.3, -0.25) is 9.59 Å². The van der Waals surface area contributed by atoms with Crippen molar-refractivity contribution < 1.29 is 19.1 Å². The number of Topliss-reactive ketones (excluding diaryl/α,β-unsaturated/α-hetero) is 1. The van der Waals surface area contributed by atoms with Gasteiger partial charge in [0.15, 0.2) is 0 Å². The summed E-state index contributed by atoms with van der Waals surface area (Å²) in [5.41, 5.74) is 1.65. The Balaban J connectivity index is 1.70.